The monoisotopic (exact) mass is 453 g/mol. The second-order valence-corrected chi connectivity index (χ2v) is 8.00. The summed E-state index contributed by atoms with van der Waals surface area (Å²) in [5.41, 5.74) is 6.07. The van der Waals surface area contributed by atoms with Crippen molar-refractivity contribution in [2.75, 3.05) is 0 Å². The molecule has 1 N–H and O–H groups in total. The number of aryl methyl sites for hydroxylation is 1. The van der Waals surface area contributed by atoms with E-state index in [1.165, 1.54) is 28.8 Å². The van der Waals surface area contributed by atoms with Crippen LogP contribution in [0.15, 0.2) is 95.5 Å². The Morgan fingerprint density at radius 3 is 2.41 bits per heavy atom. The molecule has 0 saturated heterocycles. The van der Waals surface area contributed by atoms with Crippen LogP contribution in [0.4, 0.5) is 4.39 Å². The van der Waals surface area contributed by atoms with Gasteiger partial charge in [-0.25, -0.2) is 4.39 Å². The highest BCUT2D eigenvalue weighted by Gasteiger charge is 2.11. The summed E-state index contributed by atoms with van der Waals surface area (Å²) >= 11 is 0. The number of para-hydroxylation sites is 1. The number of hydrogen-bond acceptors (Lipinski definition) is 2. The fraction of sp³-hybridized carbons (Fsp3) is 0.194. The lowest BCUT2D eigenvalue weighted by Crippen LogP contribution is -1.87. The molecule has 0 bridgehead atoms. The van der Waals surface area contributed by atoms with Gasteiger partial charge in [-0.1, -0.05) is 86.7 Å². The van der Waals surface area contributed by atoms with Crippen LogP contribution in [0, 0.1) is 18.2 Å². The molecule has 3 heteroatoms. The van der Waals surface area contributed by atoms with Gasteiger partial charge < -0.3 is 9.83 Å². The SMILES string of the molecule is CC/C=C\C=C(/CC)c1ccccc1F.Cc1ccc2c(oc3ccccc32)c1C/C=C\C=N. The lowest BCUT2D eigenvalue weighted by molar-refractivity contribution is 0.623. The molecule has 3 aromatic carbocycles. The van der Waals surface area contributed by atoms with Crippen molar-refractivity contribution in [3.05, 3.63) is 114 Å². The van der Waals surface area contributed by atoms with E-state index in [1.807, 2.05) is 55.5 Å². The molecule has 0 aliphatic carbocycles. The van der Waals surface area contributed by atoms with Crippen LogP contribution in [-0.2, 0) is 6.42 Å². The van der Waals surface area contributed by atoms with Crippen LogP contribution in [-0.4, -0.2) is 6.21 Å². The molecule has 0 saturated carbocycles. The maximum absolute atomic E-state index is 13.5. The molecule has 0 radical (unpaired) electrons. The number of benzene rings is 3. The highest BCUT2D eigenvalue weighted by atomic mass is 19.1. The zero-order valence-corrected chi connectivity index (χ0v) is 20.1. The highest BCUT2D eigenvalue weighted by molar-refractivity contribution is 6.06. The first kappa shape index (κ1) is 24.9. The Morgan fingerprint density at radius 1 is 0.912 bits per heavy atom. The predicted molar refractivity (Wildman–Crippen MR) is 144 cm³/mol. The molecule has 0 unspecified atom stereocenters. The van der Waals surface area contributed by atoms with Gasteiger partial charge in [0, 0.05) is 28.1 Å². The standard InChI is InChI=1S/C17H15NO.C14H17F/c1-12-9-10-15-14-7-2-3-8-16(14)19-17(15)13(12)6-4-5-11-18;1-3-5-6-9-12(4-2)13-10-7-8-11-14(13)15/h2-5,7-11,18H,6H2,1H3;5-11H,3-4H2,1-2H3/b5-4-,18-11?;6-5-,12-9+. The number of halogens is 1. The van der Waals surface area contributed by atoms with Crippen LogP contribution in [0.3, 0.4) is 0 Å². The van der Waals surface area contributed by atoms with Gasteiger partial charge in [0.25, 0.3) is 0 Å². The third kappa shape index (κ3) is 5.99. The molecule has 174 valence electrons. The smallest absolute Gasteiger partial charge is 0.139 e. The number of fused-ring (bicyclic) bond motifs is 3. The van der Waals surface area contributed by atoms with Gasteiger partial charge in [-0.3, -0.25) is 0 Å². The molecule has 0 spiro atoms. The summed E-state index contributed by atoms with van der Waals surface area (Å²) in [5, 5.41) is 9.37. The van der Waals surface area contributed by atoms with Crippen molar-refractivity contribution in [2.24, 2.45) is 0 Å². The van der Waals surface area contributed by atoms with Gasteiger partial charge in [-0.2, -0.15) is 0 Å². The Hall–Kier alpha value is -3.72. The van der Waals surface area contributed by atoms with Gasteiger partial charge >= 0.3 is 0 Å². The molecule has 0 fully saturated rings. The molecule has 34 heavy (non-hydrogen) atoms. The summed E-state index contributed by atoms with van der Waals surface area (Å²) in [6.45, 7) is 6.22. The van der Waals surface area contributed by atoms with Gasteiger partial charge in [0.15, 0.2) is 0 Å². The van der Waals surface area contributed by atoms with Gasteiger partial charge in [0.2, 0.25) is 0 Å². The lowest BCUT2D eigenvalue weighted by atomic mass is 10.0. The highest BCUT2D eigenvalue weighted by Crippen LogP contribution is 2.32. The lowest BCUT2D eigenvalue weighted by Gasteiger charge is -2.04. The van der Waals surface area contributed by atoms with E-state index in [0.717, 1.165) is 41.4 Å². The number of rotatable bonds is 7. The van der Waals surface area contributed by atoms with Gasteiger partial charge in [0.1, 0.15) is 17.0 Å². The fourth-order valence-electron chi connectivity index (χ4n) is 3.89. The Morgan fingerprint density at radius 2 is 1.68 bits per heavy atom. The average molecular weight is 454 g/mol. The maximum Gasteiger partial charge on any atom is 0.139 e. The number of nitrogens with one attached hydrogen (secondary N) is 1. The van der Waals surface area contributed by atoms with E-state index in [2.05, 4.69) is 38.1 Å². The first-order chi connectivity index (χ1) is 16.6. The van der Waals surface area contributed by atoms with Crippen molar-refractivity contribution in [3.63, 3.8) is 0 Å². The second-order valence-electron chi connectivity index (χ2n) is 8.00. The molecule has 4 aromatic rings. The van der Waals surface area contributed by atoms with Crippen molar-refractivity contribution in [1.29, 1.82) is 5.41 Å². The van der Waals surface area contributed by atoms with E-state index < -0.39 is 0 Å². The fourth-order valence-corrected chi connectivity index (χ4v) is 3.89. The molecular formula is C31H32FNO. The zero-order chi connectivity index (χ0) is 24.3. The van der Waals surface area contributed by atoms with Gasteiger partial charge in [-0.15, -0.1) is 0 Å². The Balaban J connectivity index is 0.000000197. The molecule has 1 heterocycles. The number of allylic oxidation sites excluding steroid dienone is 6. The number of furan rings is 1. The summed E-state index contributed by atoms with van der Waals surface area (Å²) < 4.78 is 19.5. The van der Waals surface area contributed by atoms with Crippen LogP contribution in [0.1, 0.15) is 43.4 Å². The van der Waals surface area contributed by atoms with Crippen LogP contribution < -0.4 is 0 Å². The minimum absolute atomic E-state index is 0.143. The van der Waals surface area contributed by atoms with Gasteiger partial charge in [0.05, 0.1) is 0 Å². The topological polar surface area (TPSA) is 37.0 Å². The van der Waals surface area contributed by atoms with E-state index in [9.17, 15) is 4.39 Å². The van der Waals surface area contributed by atoms with Crippen LogP contribution in [0.5, 0.6) is 0 Å². The van der Waals surface area contributed by atoms with Crippen molar-refractivity contribution < 1.29 is 8.81 Å². The van der Waals surface area contributed by atoms with E-state index in [-0.39, 0.29) is 5.82 Å². The molecule has 0 atom stereocenters. The average Bonchev–Trinajstić information content (AvgIpc) is 3.23. The molecule has 0 aliphatic rings. The normalized spacial score (nSPS) is 11.9. The van der Waals surface area contributed by atoms with E-state index in [4.69, 9.17) is 9.83 Å². The first-order valence-corrected chi connectivity index (χ1v) is 11.8. The Labute approximate surface area is 201 Å². The number of hydrogen-bond donors (Lipinski definition) is 1. The maximum atomic E-state index is 13.5. The largest absolute Gasteiger partial charge is 0.456 e. The van der Waals surface area contributed by atoms with Crippen molar-refractivity contribution in [1.82, 2.24) is 0 Å². The van der Waals surface area contributed by atoms with E-state index in [0.29, 0.717) is 5.56 Å². The quantitative estimate of drug-likeness (QED) is 0.220. The molecule has 1 aromatic heterocycles. The molecular weight excluding hydrogens is 421 g/mol. The Bertz CT molecular complexity index is 1340. The molecule has 4 rings (SSSR count). The van der Waals surface area contributed by atoms with Gasteiger partial charge in [-0.05, 0) is 55.5 Å². The first-order valence-electron chi connectivity index (χ1n) is 11.8. The summed E-state index contributed by atoms with van der Waals surface area (Å²) in [6, 6.07) is 19.3. The summed E-state index contributed by atoms with van der Waals surface area (Å²) in [7, 11) is 0. The summed E-state index contributed by atoms with van der Waals surface area (Å²) in [5.74, 6) is -0.143. The van der Waals surface area contributed by atoms with E-state index in [1.54, 1.807) is 12.1 Å². The predicted octanol–water partition coefficient (Wildman–Crippen LogP) is 9.23. The van der Waals surface area contributed by atoms with Crippen LogP contribution in [0.25, 0.3) is 27.5 Å². The second kappa shape index (κ2) is 12.5. The van der Waals surface area contributed by atoms with Crippen molar-refractivity contribution in [3.8, 4) is 0 Å². The van der Waals surface area contributed by atoms with Crippen molar-refractivity contribution >= 4 is 33.7 Å². The Kier molecular flexibility index (Phi) is 9.16. The third-order valence-electron chi connectivity index (χ3n) is 5.71. The third-order valence-corrected chi connectivity index (χ3v) is 5.71. The molecule has 0 amide bonds. The van der Waals surface area contributed by atoms with Crippen LogP contribution >= 0.6 is 0 Å². The summed E-state index contributed by atoms with van der Waals surface area (Å²) in [6.07, 6.45) is 13.7. The van der Waals surface area contributed by atoms with Crippen molar-refractivity contribution in [2.45, 2.75) is 40.0 Å². The zero-order valence-electron chi connectivity index (χ0n) is 20.1. The minimum Gasteiger partial charge on any atom is -0.456 e. The molecule has 0 aliphatic heterocycles. The van der Waals surface area contributed by atoms with Crippen LogP contribution in [0.2, 0.25) is 0 Å². The van der Waals surface area contributed by atoms with E-state index >= 15 is 0 Å². The minimum atomic E-state index is -0.143. The summed E-state index contributed by atoms with van der Waals surface area (Å²) in [4.78, 5) is 0. The molecule has 2 nitrogen and oxygen atoms in total.